The molecular formula is C15H17FN2. The minimum atomic E-state index is -0.192. The number of benzene rings is 1. The lowest BCUT2D eigenvalue weighted by Gasteiger charge is -2.14. The Labute approximate surface area is 107 Å². The largest absolute Gasteiger partial charge is 0.310 e. The number of pyridine rings is 1. The van der Waals surface area contributed by atoms with Crippen LogP contribution in [0.25, 0.3) is 0 Å². The molecule has 0 saturated carbocycles. The Balaban J connectivity index is 1.81. The van der Waals surface area contributed by atoms with Crippen LogP contribution in [0.2, 0.25) is 0 Å². The van der Waals surface area contributed by atoms with E-state index in [1.54, 1.807) is 12.4 Å². The van der Waals surface area contributed by atoms with Gasteiger partial charge in [-0.15, -0.1) is 0 Å². The molecule has 2 aromatic rings. The Kier molecular flexibility index (Phi) is 4.42. The second kappa shape index (κ2) is 6.26. The lowest BCUT2D eigenvalue weighted by molar-refractivity contribution is 0.573. The average Bonchev–Trinajstić information content (AvgIpc) is 2.40. The van der Waals surface area contributed by atoms with E-state index in [1.807, 2.05) is 24.3 Å². The van der Waals surface area contributed by atoms with Gasteiger partial charge in [0.05, 0.1) is 0 Å². The number of aromatic nitrogens is 1. The Hall–Kier alpha value is -1.74. The molecule has 0 amide bonds. The topological polar surface area (TPSA) is 24.9 Å². The van der Waals surface area contributed by atoms with E-state index in [9.17, 15) is 4.39 Å². The van der Waals surface area contributed by atoms with Gasteiger partial charge in [-0.25, -0.2) is 4.39 Å². The lowest BCUT2D eigenvalue weighted by Crippen LogP contribution is -2.21. The van der Waals surface area contributed by atoms with Crippen molar-refractivity contribution in [2.45, 2.75) is 19.4 Å². The second-order valence-corrected chi connectivity index (χ2v) is 4.33. The zero-order valence-corrected chi connectivity index (χ0v) is 10.4. The quantitative estimate of drug-likeness (QED) is 0.874. The molecule has 1 aromatic heterocycles. The fourth-order valence-electron chi connectivity index (χ4n) is 1.85. The normalized spacial score (nSPS) is 12.3. The Morgan fingerprint density at radius 3 is 2.44 bits per heavy atom. The Morgan fingerprint density at radius 2 is 1.78 bits per heavy atom. The molecule has 3 heteroatoms. The maximum absolute atomic E-state index is 12.8. The molecule has 0 spiro atoms. The third-order valence-corrected chi connectivity index (χ3v) is 2.98. The molecule has 2 nitrogen and oxygen atoms in total. The first-order chi connectivity index (χ1) is 8.75. The van der Waals surface area contributed by atoms with Crippen LogP contribution in [0.15, 0.2) is 48.8 Å². The first-order valence-corrected chi connectivity index (χ1v) is 6.13. The molecule has 94 valence electrons. The summed E-state index contributed by atoms with van der Waals surface area (Å²) in [6, 6.07) is 10.9. The van der Waals surface area contributed by atoms with Crippen molar-refractivity contribution >= 4 is 0 Å². The van der Waals surface area contributed by atoms with Crippen molar-refractivity contribution in [3.63, 3.8) is 0 Å². The zero-order valence-electron chi connectivity index (χ0n) is 10.4. The van der Waals surface area contributed by atoms with Crippen molar-refractivity contribution in [3.05, 3.63) is 65.7 Å². The molecule has 0 radical (unpaired) electrons. The molecule has 1 N–H and O–H groups in total. The van der Waals surface area contributed by atoms with E-state index in [-0.39, 0.29) is 11.9 Å². The molecule has 0 fully saturated rings. The number of halogens is 1. The van der Waals surface area contributed by atoms with Gasteiger partial charge in [-0.05, 0) is 55.3 Å². The highest BCUT2D eigenvalue weighted by Crippen LogP contribution is 2.12. The van der Waals surface area contributed by atoms with Crippen LogP contribution in [0.4, 0.5) is 4.39 Å². The highest BCUT2D eigenvalue weighted by atomic mass is 19.1. The maximum Gasteiger partial charge on any atom is 0.123 e. The number of nitrogens with zero attached hydrogens (tertiary/aromatic N) is 1. The predicted molar refractivity (Wildman–Crippen MR) is 70.8 cm³/mol. The fourth-order valence-corrected chi connectivity index (χ4v) is 1.85. The molecule has 0 bridgehead atoms. The van der Waals surface area contributed by atoms with Crippen LogP contribution >= 0.6 is 0 Å². The maximum atomic E-state index is 12.8. The summed E-state index contributed by atoms with van der Waals surface area (Å²) in [4.78, 5) is 3.99. The molecular weight excluding hydrogens is 227 g/mol. The van der Waals surface area contributed by atoms with Gasteiger partial charge in [0.1, 0.15) is 5.82 Å². The molecule has 18 heavy (non-hydrogen) atoms. The number of hydrogen-bond donors (Lipinski definition) is 1. The van der Waals surface area contributed by atoms with E-state index in [1.165, 1.54) is 17.7 Å². The SMILES string of the molecule is C[C@@H](NCCc1ccncc1)c1ccc(F)cc1. The van der Waals surface area contributed by atoms with Crippen LogP contribution in [0.3, 0.4) is 0 Å². The molecule has 0 aliphatic rings. The summed E-state index contributed by atoms with van der Waals surface area (Å²) in [6.45, 7) is 2.97. The summed E-state index contributed by atoms with van der Waals surface area (Å²) < 4.78 is 12.8. The highest BCUT2D eigenvalue weighted by molar-refractivity contribution is 5.19. The second-order valence-electron chi connectivity index (χ2n) is 4.33. The predicted octanol–water partition coefficient (Wildman–Crippen LogP) is 3.11. The monoisotopic (exact) mass is 244 g/mol. The van der Waals surface area contributed by atoms with Crippen molar-refractivity contribution in [2.24, 2.45) is 0 Å². The lowest BCUT2D eigenvalue weighted by atomic mass is 10.1. The van der Waals surface area contributed by atoms with Crippen LogP contribution < -0.4 is 5.32 Å². The molecule has 1 atom stereocenters. The summed E-state index contributed by atoms with van der Waals surface area (Å²) in [6.07, 6.45) is 4.57. The first-order valence-electron chi connectivity index (χ1n) is 6.13. The number of hydrogen-bond acceptors (Lipinski definition) is 2. The zero-order chi connectivity index (χ0) is 12.8. The van der Waals surface area contributed by atoms with Crippen molar-refractivity contribution in [1.82, 2.24) is 10.3 Å². The fraction of sp³-hybridized carbons (Fsp3) is 0.267. The van der Waals surface area contributed by atoms with Crippen molar-refractivity contribution in [3.8, 4) is 0 Å². The summed E-state index contributed by atoms with van der Waals surface area (Å²) in [5.74, 6) is -0.192. The smallest absolute Gasteiger partial charge is 0.123 e. The van der Waals surface area contributed by atoms with Gasteiger partial charge >= 0.3 is 0 Å². The molecule has 0 unspecified atom stereocenters. The minimum absolute atomic E-state index is 0.192. The van der Waals surface area contributed by atoms with Crippen LogP contribution in [0.1, 0.15) is 24.1 Å². The van der Waals surface area contributed by atoms with Crippen LogP contribution in [-0.2, 0) is 6.42 Å². The third-order valence-electron chi connectivity index (χ3n) is 2.98. The van der Waals surface area contributed by atoms with E-state index in [4.69, 9.17) is 0 Å². The van der Waals surface area contributed by atoms with E-state index in [2.05, 4.69) is 17.2 Å². The van der Waals surface area contributed by atoms with Gasteiger partial charge in [0, 0.05) is 18.4 Å². The van der Waals surface area contributed by atoms with E-state index < -0.39 is 0 Å². The summed E-state index contributed by atoms with van der Waals surface area (Å²) in [5.41, 5.74) is 2.37. The number of nitrogens with one attached hydrogen (secondary N) is 1. The summed E-state index contributed by atoms with van der Waals surface area (Å²) in [7, 11) is 0. The van der Waals surface area contributed by atoms with Crippen LogP contribution in [0, 0.1) is 5.82 Å². The molecule has 0 saturated heterocycles. The number of rotatable bonds is 5. The average molecular weight is 244 g/mol. The van der Waals surface area contributed by atoms with Gasteiger partial charge < -0.3 is 5.32 Å². The molecule has 0 aliphatic heterocycles. The molecule has 0 aliphatic carbocycles. The van der Waals surface area contributed by atoms with Gasteiger partial charge in [0.2, 0.25) is 0 Å². The third kappa shape index (κ3) is 3.64. The highest BCUT2D eigenvalue weighted by Gasteiger charge is 2.04. The van der Waals surface area contributed by atoms with Crippen LogP contribution in [0.5, 0.6) is 0 Å². The van der Waals surface area contributed by atoms with Gasteiger partial charge in [-0.3, -0.25) is 4.98 Å². The first kappa shape index (κ1) is 12.7. The van der Waals surface area contributed by atoms with Crippen molar-refractivity contribution in [1.29, 1.82) is 0 Å². The van der Waals surface area contributed by atoms with Gasteiger partial charge in [-0.1, -0.05) is 12.1 Å². The van der Waals surface area contributed by atoms with Gasteiger partial charge in [-0.2, -0.15) is 0 Å². The van der Waals surface area contributed by atoms with Crippen molar-refractivity contribution < 1.29 is 4.39 Å². The van der Waals surface area contributed by atoms with E-state index in [0.29, 0.717) is 0 Å². The van der Waals surface area contributed by atoms with Gasteiger partial charge in [0.15, 0.2) is 0 Å². The summed E-state index contributed by atoms with van der Waals surface area (Å²) in [5, 5.41) is 3.42. The molecule has 2 rings (SSSR count). The van der Waals surface area contributed by atoms with Crippen LogP contribution in [-0.4, -0.2) is 11.5 Å². The molecule has 1 heterocycles. The van der Waals surface area contributed by atoms with E-state index >= 15 is 0 Å². The van der Waals surface area contributed by atoms with Crippen molar-refractivity contribution in [2.75, 3.05) is 6.54 Å². The molecule has 1 aromatic carbocycles. The van der Waals surface area contributed by atoms with E-state index in [0.717, 1.165) is 18.5 Å². The Morgan fingerprint density at radius 1 is 1.11 bits per heavy atom. The Bertz CT molecular complexity index is 468. The standard InChI is InChI=1S/C15H17FN2/c1-12(14-2-4-15(16)5-3-14)18-11-8-13-6-9-17-10-7-13/h2-7,9-10,12,18H,8,11H2,1H3/t12-/m1/s1. The van der Waals surface area contributed by atoms with Gasteiger partial charge in [0.25, 0.3) is 0 Å². The summed E-state index contributed by atoms with van der Waals surface area (Å²) >= 11 is 0. The minimum Gasteiger partial charge on any atom is -0.310 e.